The summed E-state index contributed by atoms with van der Waals surface area (Å²) in [7, 11) is 1.22. The Balaban J connectivity index is 2.96. The van der Waals surface area contributed by atoms with Gasteiger partial charge in [-0.2, -0.15) is 4.39 Å². The van der Waals surface area contributed by atoms with E-state index in [-0.39, 0.29) is 5.56 Å². The number of carbonyl (C=O) groups is 1. The van der Waals surface area contributed by atoms with E-state index in [4.69, 9.17) is 0 Å². The molecule has 0 aromatic carbocycles. The van der Waals surface area contributed by atoms with Gasteiger partial charge >= 0.3 is 5.97 Å². The number of methoxy groups -OCH3 is 1. The summed E-state index contributed by atoms with van der Waals surface area (Å²) >= 11 is 0. The number of nitrogens with zero attached hydrogens (tertiary/aromatic N) is 1. The van der Waals surface area contributed by atoms with Crippen LogP contribution in [0.1, 0.15) is 10.4 Å². The average molecular weight is 154 g/mol. The molecular weight excluding hydrogens is 149 g/mol. The van der Waals surface area contributed by atoms with Gasteiger partial charge < -0.3 is 4.74 Å². The fourth-order valence-corrected chi connectivity index (χ4v) is 0.591. The minimum absolute atomic E-state index is 0.0417. The molecule has 57 valence electrons. The first kappa shape index (κ1) is 7.65. The molecule has 0 saturated heterocycles. The molecule has 3 nitrogen and oxygen atoms in total. The number of carbonyl (C=O) groups excluding carboxylic acids is 1. The number of halogens is 1. The molecule has 1 aromatic rings. The van der Waals surface area contributed by atoms with Gasteiger partial charge in [-0.1, -0.05) is 0 Å². The summed E-state index contributed by atoms with van der Waals surface area (Å²) < 4.78 is 16.6. The van der Waals surface area contributed by atoms with Crippen LogP contribution in [0, 0.1) is 12.0 Å². The van der Waals surface area contributed by atoms with Crippen LogP contribution in [0.25, 0.3) is 0 Å². The van der Waals surface area contributed by atoms with Gasteiger partial charge in [0.1, 0.15) is 0 Å². The molecule has 1 radical (unpaired) electrons. The smallest absolute Gasteiger partial charge is 0.338 e. The van der Waals surface area contributed by atoms with E-state index < -0.39 is 11.9 Å². The summed E-state index contributed by atoms with van der Waals surface area (Å²) in [4.78, 5) is 13.9. The van der Waals surface area contributed by atoms with Crippen LogP contribution < -0.4 is 0 Å². The molecule has 1 aromatic heterocycles. The lowest BCUT2D eigenvalue weighted by atomic mass is 10.3. The topological polar surface area (TPSA) is 39.2 Å². The molecule has 4 heteroatoms. The molecule has 0 aliphatic carbocycles. The van der Waals surface area contributed by atoms with Gasteiger partial charge in [0.25, 0.3) is 0 Å². The van der Waals surface area contributed by atoms with Crippen LogP contribution in [-0.2, 0) is 4.74 Å². The van der Waals surface area contributed by atoms with Gasteiger partial charge in [0, 0.05) is 6.20 Å². The van der Waals surface area contributed by atoms with Gasteiger partial charge in [-0.05, 0) is 6.07 Å². The number of ether oxygens (including phenoxy) is 1. The molecule has 0 spiro atoms. The van der Waals surface area contributed by atoms with E-state index in [1.807, 2.05) is 0 Å². The number of pyridine rings is 1. The highest BCUT2D eigenvalue weighted by Gasteiger charge is 2.05. The van der Waals surface area contributed by atoms with E-state index in [0.717, 1.165) is 0 Å². The van der Waals surface area contributed by atoms with Crippen LogP contribution in [0.2, 0.25) is 0 Å². The average Bonchev–Trinajstić information content (AvgIpc) is 2.03. The standard InChI is InChI=1S/C7H5FNO2/c1-11-7(10)5-2-3-9-6(8)4-5/h2-3H,1H3. The summed E-state index contributed by atoms with van der Waals surface area (Å²) in [5.41, 5.74) is 0.0417. The van der Waals surface area contributed by atoms with Crippen molar-refractivity contribution in [3.63, 3.8) is 0 Å². The third-order valence-corrected chi connectivity index (χ3v) is 1.07. The van der Waals surface area contributed by atoms with E-state index in [1.54, 1.807) is 0 Å². The maximum Gasteiger partial charge on any atom is 0.338 e. The van der Waals surface area contributed by atoms with Crippen LogP contribution in [0.15, 0.2) is 12.3 Å². The number of aromatic nitrogens is 1. The molecule has 0 unspecified atom stereocenters. The molecule has 0 fully saturated rings. The summed E-state index contributed by atoms with van der Waals surface area (Å²) in [6.07, 6.45) is 1.18. The van der Waals surface area contributed by atoms with Crippen molar-refractivity contribution < 1.29 is 13.9 Å². The van der Waals surface area contributed by atoms with Gasteiger partial charge in [-0.15, -0.1) is 0 Å². The van der Waals surface area contributed by atoms with Crippen LogP contribution in [0.4, 0.5) is 4.39 Å². The SMILES string of the molecule is COC(=O)c1[c]c(F)ncc1. The third-order valence-electron chi connectivity index (χ3n) is 1.07. The predicted octanol–water partition coefficient (Wildman–Crippen LogP) is 0.807. The number of esters is 1. The zero-order valence-corrected chi connectivity index (χ0v) is 5.80. The molecule has 0 bridgehead atoms. The van der Waals surface area contributed by atoms with Crippen molar-refractivity contribution >= 4 is 5.97 Å². The quantitative estimate of drug-likeness (QED) is 0.443. The first-order valence-electron chi connectivity index (χ1n) is 2.86. The Kier molecular flexibility index (Phi) is 2.15. The molecule has 0 amide bonds. The second-order valence-electron chi connectivity index (χ2n) is 1.77. The summed E-state index contributed by atoms with van der Waals surface area (Å²) in [6.45, 7) is 0. The highest BCUT2D eigenvalue weighted by molar-refractivity contribution is 5.88. The Morgan fingerprint density at radius 2 is 2.55 bits per heavy atom. The first-order chi connectivity index (χ1) is 5.24. The van der Waals surface area contributed by atoms with Crippen LogP contribution in [0.3, 0.4) is 0 Å². The molecule has 0 aliphatic rings. The summed E-state index contributed by atoms with van der Waals surface area (Å²) in [6, 6.07) is 3.43. The van der Waals surface area contributed by atoms with Crippen molar-refractivity contribution in [1.82, 2.24) is 4.98 Å². The molecule has 0 atom stereocenters. The molecule has 1 rings (SSSR count). The van der Waals surface area contributed by atoms with Gasteiger partial charge in [-0.3, -0.25) is 0 Å². The van der Waals surface area contributed by atoms with E-state index in [9.17, 15) is 9.18 Å². The first-order valence-corrected chi connectivity index (χ1v) is 2.86. The lowest BCUT2D eigenvalue weighted by Gasteiger charge is -1.95. The van der Waals surface area contributed by atoms with Gasteiger partial charge in [0.15, 0.2) is 0 Å². The van der Waals surface area contributed by atoms with Crippen molar-refractivity contribution in [2.75, 3.05) is 7.11 Å². The van der Waals surface area contributed by atoms with E-state index in [2.05, 4.69) is 15.8 Å². The largest absolute Gasteiger partial charge is 0.465 e. The molecule has 0 aliphatic heterocycles. The molecule has 11 heavy (non-hydrogen) atoms. The monoisotopic (exact) mass is 154 g/mol. The minimum atomic E-state index is -0.812. The second-order valence-corrected chi connectivity index (χ2v) is 1.77. The Labute approximate surface area is 62.8 Å². The normalized spacial score (nSPS) is 9.27. The lowest BCUT2D eigenvalue weighted by molar-refractivity contribution is 0.0599. The highest BCUT2D eigenvalue weighted by Crippen LogP contribution is 1.99. The fraction of sp³-hybridized carbons (Fsp3) is 0.143. The summed E-state index contributed by atoms with van der Waals surface area (Å²) in [5, 5.41) is 0. The maximum atomic E-state index is 12.3. The van der Waals surface area contributed by atoms with Crippen molar-refractivity contribution in [2.24, 2.45) is 0 Å². The number of rotatable bonds is 1. The third kappa shape index (κ3) is 1.73. The number of hydrogen-bond donors (Lipinski definition) is 0. The lowest BCUT2D eigenvalue weighted by Crippen LogP contribution is -2.02. The second kappa shape index (κ2) is 3.09. The van der Waals surface area contributed by atoms with Crippen LogP contribution in [-0.4, -0.2) is 18.1 Å². The van der Waals surface area contributed by atoms with Crippen LogP contribution >= 0.6 is 0 Å². The Bertz CT molecular complexity index is 275. The van der Waals surface area contributed by atoms with Crippen molar-refractivity contribution in [1.29, 1.82) is 0 Å². The summed E-state index contributed by atoms with van der Waals surface area (Å²) in [5.74, 6) is -1.43. The van der Waals surface area contributed by atoms with Gasteiger partial charge in [0.05, 0.1) is 18.7 Å². The Morgan fingerprint density at radius 3 is 3.09 bits per heavy atom. The van der Waals surface area contributed by atoms with Crippen LogP contribution in [0.5, 0.6) is 0 Å². The van der Waals surface area contributed by atoms with Crippen molar-refractivity contribution in [3.8, 4) is 0 Å². The molecular formula is C7H5FNO2. The fourth-order valence-electron chi connectivity index (χ4n) is 0.591. The zero-order chi connectivity index (χ0) is 8.27. The van der Waals surface area contributed by atoms with Gasteiger partial charge in [0.2, 0.25) is 5.95 Å². The van der Waals surface area contributed by atoms with Crippen molar-refractivity contribution in [3.05, 3.63) is 29.8 Å². The van der Waals surface area contributed by atoms with E-state index in [0.29, 0.717) is 0 Å². The minimum Gasteiger partial charge on any atom is -0.465 e. The highest BCUT2D eigenvalue weighted by atomic mass is 19.1. The van der Waals surface area contributed by atoms with Gasteiger partial charge in [-0.25, -0.2) is 9.78 Å². The zero-order valence-electron chi connectivity index (χ0n) is 5.80. The maximum absolute atomic E-state index is 12.3. The predicted molar refractivity (Wildman–Crippen MR) is 34.4 cm³/mol. The van der Waals surface area contributed by atoms with Crippen molar-refractivity contribution in [2.45, 2.75) is 0 Å². The molecule has 0 N–H and O–H groups in total. The Morgan fingerprint density at radius 1 is 1.82 bits per heavy atom. The van der Waals surface area contributed by atoms with E-state index in [1.165, 1.54) is 19.4 Å². The molecule has 0 saturated carbocycles. The molecule has 1 heterocycles. The van der Waals surface area contributed by atoms with E-state index >= 15 is 0 Å². The Hall–Kier alpha value is -1.45. The number of hydrogen-bond acceptors (Lipinski definition) is 3.